The Labute approximate surface area is 142 Å². The minimum Gasteiger partial charge on any atom is -0.355 e. The average Bonchev–Trinajstić information content (AvgIpc) is 2.85. The van der Waals surface area contributed by atoms with Crippen LogP contribution in [0, 0.1) is 0 Å². The van der Waals surface area contributed by atoms with Crippen LogP contribution >= 0.6 is 0 Å². The summed E-state index contributed by atoms with van der Waals surface area (Å²) in [4.78, 5) is 25.2. The maximum absolute atomic E-state index is 12.0. The topological polar surface area (TPSA) is 61.4 Å². The maximum Gasteiger partial charge on any atom is 0.251 e. The molecule has 1 amide bonds. The third-order valence-corrected chi connectivity index (χ3v) is 4.25. The zero-order valence-electron chi connectivity index (χ0n) is 14.0. The molecule has 0 unspecified atom stereocenters. The maximum atomic E-state index is 12.0. The van der Waals surface area contributed by atoms with Gasteiger partial charge in [-0.2, -0.15) is 0 Å². The van der Waals surface area contributed by atoms with Crippen molar-refractivity contribution in [1.82, 2.24) is 20.2 Å². The number of nitrogens with zero attached hydrogens (tertiary/aromatic N) is 4. The van der Waals surface area contributed by atoms with Gasteiger partial charge in [0.1, 0.15) is 5.82 Å². The number of hydrogen-bond donors (Lipinski definition) is 1. The minimum atomic E-state index is -0.1000. The van der Waals surface area contributed by atoms with Crippen LogP contribution in [0.4, 0.5) is 5.82 Å². The first-order chi connectivity index (χ1) is 11.7. The average molecular weight is 325 g/mol. The van der Waals surface area contributed by atoms with E-state index >= 15 is 0 Å². The van der Waals surface area contributed by atoms with Crippen LogP contribution in [0.2, 0.25) is 0 Å². The minimum absolute atomic E-state index is 0.1000. The molecular formula is C18H23N5O. The lowest BCUT2D eigenvalue weighted by Gasteiger charge is -2.21. The van der Waals surface area contributed by atoms with Gasteiger partial charge in [0.05, 0.1) is 0 Å². The molecule has 0 spiro atoms. The predicted octanol–water partition coefficient (Wildman–Crippen LogP) is 1.55. The summed E-state index contributed by atoms with van der Waals surface area (Å²) in [5.41, 5.74) is 1.61. The molecule has 0 aromatic carbocycles. The number of nitrogens with one attached hydrogen (secondary N) is 1. The highest BCUT2D eigenvalue weighted by Crippen LogP contribution is 2.14. The van der Waals surface area contributed by atoms with Crippen molar-refractivity contribution >= 4 is 11.7 Å². The van der Waals surface area contributed by atoms with E-state index in [-0.39, 0.29) is 5.91 Å². The Hall–Kier alpha value is -2.47. The fourth-order valence-corrected chi connectivity index (χ4v) is 2.77. The number of rotatable bonds is 4. The molecule has 0 atom stereocenters. The van der Waals surface area contributed by atoms with E-state index in [1.54, 1.807) is 24.5 Å². The standard InChI is InChI=1S/C18H23N5O/c1-22-9-2-10-23(12-11-22)17-4-3-15(13-20-17)14-21-18(24)16-5-7-19-8-6-16/h3-8,13H,2,9-12,14H2,1H3,(H,21,24). The van der Waals surface area contributed by atoms with Crippen molar-refractivity contribution in [2.45, 2.75) is 13.0 Å². The van der Waals surface area contributed by atoms with E-state index in [9.17, 15) is 4.79 Å². The Balaban J connectivity index is 1.55. The SMILES string of the molecule is CN1CCCN(c2ccc(CNC(=O)c3ccncc3)cn2)CC1. The second-order valence-electron chi connectivity index (χ2n) is 6.09. The summed E-state index contributed by atoms with van der Waals surface area (Å²) in [5.74, 6) is 0.909. The molecule has 1 aliphatic heterocycles. The van der Waals surface area contributed by atoms with Gasteiger partial charge in [0.15, 0.2) is 0 Å². The van der Waals surface area contributed by atoms with E-state index < -0.39 is 0 Å². The van der Waals surface area contributed by atoms with Crippen LogP contribution < -0.4 is 10.2 Å². The van der Waals surface area contributed by atoms with Gasteiger partial charge in [-0.1, -0.05) is 6.07 Å². The molecule has 2 aromatic heterocycles. The van der Waals surface area contributed by atoms with E-state index in [1.807, 2.05) is 18.3 Å². The molecule has 3 rings (SSSR count). The summed E-state index contributed by atoms with van der Waals surface area (Å²) in [6, 6.07) is 7.48. The lowest BCUT2D eigenvalue weighted by Crippen LogP contribution is -2.29. The van der Waals surface area contributed by atoms with E-state index in [2.05, 4.69) is 32.1 Å². The van der Waals surface area contributed by atoms with Crippen LogP contribution in [0.3, 0.4) is 0 Å². The fourth-order valence-electron chi connectivity index (χ4n) is 2.77. The summed E-state index contributed by atoms with van der Waals surface area (Å²) >= 11 is 0. The van der Waals surface area contributed by atoms with Crippen LogP contribution in [0.15, 0.2) is 42.9 Å². The molecule has 3 heterocycles. The highest BCUT2D eigenvalue weighted by Gasteiger charge is 2.13. The zero-order valence-corrected chi connectivity index (χ0v) is 14.0. The van der Waals surface area contributed by atoms with Gasteiger partial charge >= 0.3 is 0 Å². The molecule has 0 radical (unpaired) electrons. The number of aromatic nitrogens is 2. The Morgan fingerprint density at radius 2 is 1.96 bits per heavy atom. The predicted molar refractivity (Wildman–Crippen MR) is 94.0 cm³/mol. The van der Waals surface area contributed by atoms with Crippen molar-refractivity contribution in [3.8, 4) is 0 Å². The first-order valence-electron chi connectivity index (χ1n) is 8.29. The smallest absolute Gasteiger partial charge is 0.251 e. The quantitative estimate of drug-likeness (QED) is 0.924. The van der Waals surface area contributed by atoms with Crippen molar-refractivity contribution in [2.24, 2.45) is 0 Å². The normalized spacial score (nSPS) is 15.8. The molecule has 0 bridgehead atoms. The number of hydrogen-bond acceptors (Lipinski definition) is 5. The molecular weight excluding hydrogens is 302 g/mol. The molecule has 2 aromatic rings. The molecule has 1 aliphatic rings. The Bertz CT molecular complexity index is 659. The summed E-state index contributed by atoms with van der Waals surface area (Å²) in [7, 11) is 2.16. The summed E-state index contributed by atoms with van der Waals surface area (Å²) in [5, 5.41) is 2.90. The number of pyridine rings is 2. The van der Waals surface area contributed by atoms with Crippen molar-refractivity contribution in [3.63, 3.8) is 0 Å². The Morgan fingerprint density at radius 3 is 2.71 bits per heavy atom. The lowest BCUT2D eigenvalue weighted by molar-refractivity contribution is 0.0951. The zero-order chi connectivity index (χ0) is 16.8. The molecule has 0 saturated carbocycles. The van der Waals surface area contributed by atoms with E-state index in [0.717, 1.165) is 44.0 Å². The molecule has 6 heteroatoms. The van der Waals surface area contributed by atoms with Gasteiger partial charge in [-0.05, 0) is 43.8 Å². The van der Waals surface area contributed by atoms with Crippen LogP contribution in [-0.4, -0.2) is 54.0 Å². The van der Waals surface area contributed by atoms with Gasteiger partial charge in [-0.3, -0.25) is 9.78 Å². The van der Waals surface area contributed by atoms with Gasteiger partial charge in [-0.15, -0.1) is 0 Å². The molecule has 1 saturated heterocycles. The first kappa shape index (κ1) is 16.4. The Morgan fingerprint density at radius 1 is 1.12 bits per heavy atom. The van der Waals surface area contributed by atoms with Crippen LogP contribution in [0.1, 0.15) is 22.3 Å². The van der Waals surface area contributed by atoms with Gasteiger partial charge in [0.2, 0.25) is 0 Å². The van der Waals surface area contributed by atoms with Crippen LogP contribution in [0.5, 0.6) is 0 Å². The lowest BCUT2D eigenvalue weighted by atomic mass is 10.2. The number of anilines is 1. The first-order valence-corrected chi connectivity index (χ1v) is 8.29. The highest BCUT2D eigenvalue weighted by atomic mass is 16.1. The van der Waals surface area contributed by atoms with E-state index in [1.165, 1.54) is 0 Å². The van der Waals surface area contributed by atoms with E-state index in [0.29, 0.717) is 12.1 Å². The van der Waals surface area contributed by atoms with Crippen molar-refractivity contribution in [2.75, 3.05) is 38.1 Å². The third kappa shape index (κ3) is 4.29. The molecule has 1 N–H and O–H groups in total. The summed E-state index contributed by atoms with van der Waals surface area (Å²) in [6.45, 7) is 4.70. The van der Waals surface area contributed by atoms with Gasteiger partial charge in [0.25, 0.3) is 5.91 Å². The molecule has 24 heavy (non-hydrogen) atoms. The highest BCUT2D eigenvalue weighted by molar-refractivity contribution is 5.93. The molecule has 0 aliphatic carbocycles. The molecule has 126 valence electrons. The van der Waals surface area contributed by atoms with Crippen LogP contribution in [-0.2, 0) is 6.54 Å². The van der Waals surface area contributed by atoms with Crippen molar-refractivity contribution < 1.29 is 4.79 Å². The van der Waals surface area contributed by atoms with Gasteiger partial charge < -0.3 is 15.1 Å². The second kappa shape index (κ2) is 7.88. The van der Waals surface area contributed by atoms with E-state index in [4.69, 9.17) is 0 Å². The Kier molecular flexibility index (Phi) is 5.38. The number of carbonyl (C=O) groups is 1. The number of amides is 1. The fraction of sp³-hybridized carbons (Fsp3) is 0.389. The number of carbonyl (C=O) groups excluding carboxylic acids is 1. The molecule has 6 nitrogen and oxygen atoms in total. The number of likely N-dealkylation sites (N-methyl/N-ethyl adjacent to an activating group) is 1. The van der Waals surface area contributed by atoms with Gasteiger partial charge in [0, 0.05) is 50.3 Å². The van der Waals surface area contributed by atoms with Crippen molar-refractivity contribution in [3.05, 3.63) is 54.0 Å². The second-order valence-corrected chi connectivity index (χ2v) is 6.09. The van der Waals surface area contributed by atoms with Crippen molar-refractivity contribution in [1.29, 1.82) is 0 Å². The summed E-state index contributed by atoms with van der Waals surface area (Å²) in [6.07, 6.45) is 6.23. The largest absolute Gasteiger partial charge is 0.355 e. The third-order valence-electron chi connectivity index (χ3n) is 4.25. The van der Waals surface area contributed by atoms with Crippen LogP contribution in [0.25, 0.3) is 0 Å². The molecule has 1 fully saturated rings. The monoisotopic (exact) mass is 325 g/mol. The van der Waals surface area contributed by atoms with Gasteiger partial charge in [-0.25, -0.2) is 4.98 Å². The summed E-state index contributed by atoms with van der Waals surface area (Å²) < 4.78 is 0.